The Hall–Kier alpha value is -0.960. The molecule has 1 aliphatic rings. The van der Waals surface area contributed by atoms with Crippen molar-refractivity contribution in [3.63, 3.8) is 0 Å². The molecule has 0 radical (unpaired) electrons. The summed E-state index contributed by atoms with van der Waals surface area (Å²) in [5.41, 5.74) is -0.456. The summed E-state index contributed by atoms with van der Waals surface area (Å²) in [4.78, 5) is 12.8. The molecule has 0 amide bonds. The molecule has 104 valence electrons. The first-order chi connectivity index (χ1) is 9.16. The van der Waals surface area contributed by atoms with Crippen LogP contribution in [0.5, 0.6) is 0 Å². The molecule has 1 saturated carbocycles. The van der Waals surface area contributed by atoms with Gasteiger partial charge in [-0.3, -0.25) is 4.79 Å². The van der Waals surface area contributed by atoms with Crippen molar-refractivity contribution < 1.29 is 9.90 Å². The standard InChI is InChI=1S/C16H22O2S/c1-2-13-8-9-16(12-13,15(17)18)10-11-19-14-6-4-3-5-7-14/h3-7,13H,2,8-12H2,1H3,(H,17,18). The average molecular weight is 278 g/mol. The molecule has 19 heavy (non-hydrogen) atoms. The number of carbonyl (C=O) groups is 1. The summed E-state index contributed by atoms with van der Waals surface area (Å²) in [6.45, 7) is 2.17. The summed E-state index contributed by atoms with van der Waals surface area (Å²) >= 11 is 1.77. The molecule has 2 nitrogen and oxygen atoms in total. The van der Waals surface area contributed by atoms with Gasteiger partial charge >= 0.3 is 5.97 Å². The highest BCUT2D eigenvalue weighted by atomic mass is 32.2. The van der Waals surface area contributed by atoms with Gasteiger partial charge in [-0.15, -0.1) is 11.8 Å². The molecular weight excluding hydrogens is 256 g/mol. The average Bonchev–Trinajstić information content (AvgIpc) is 2.85. The van der Waals surface area contributed by atoms with Crippen LogP contribution in [0.4, 0.5) is 0 Å². The fourth-order valence-electron chi connectivity index (χ4n) is 2.99. The number of thioether (sulfide) groups is 1. The van der Waals surface area contributed by atoms with Crippen LogP contribution in [-0.4, -0.2) is 16.8 Å². The zero-order valence-electron chi connectivity index (χ0n) is 11.5. The van der Waals surface area contributed by atoms with Gasteiger partial charge in [0.25, 0.3) is 0 Å². The second kappa shape index (κ2) is 6.47. The molecule has 2 rings (SSSR count). The number of rotatable bonds is 6. The lowest BCUT2D eigenvalue weighted by molar-refractivity contribution is -0.149. The maximum absolute atomic E-state index is 11.6. The quantitative estimate of drug-likeness (QED) is 0.781. The van der Waals surface area contributed by atoms with E-state index in [1.165, 1.54) is 4.90 Å². The maximum Gasteiger partial charge on any atom is 0.309 e. The molecule has 0 aliphatic heterocycles. The van der Waals surface area contributed by atoms with Crippen molar-refractivity contribution in [3.8, 4) is 0 Å². The highest BCUT2D eigenvalue weighted by Crippen LogP contribution is 2.46. The molecule has 2 unspecified atom stereocenters. The van der Waals surface area contributed by atoms with Gasteiger partial charge in [0.15, 0.2) is 0 Å². The minimum atomic E-state index is -0.586. The summed E-state index contributed by atoms with van der Waals surface area (Å²) in [5, 5.41) is 9.56. The Balaban J connectivity index is 1.90. The van der Waals surface area contributed by atoms with Gasteiger partial charge in [-0.1, -0.05) is 31.5 Å². The molecular formula is C16H22O2S. The molecule has 1 fully saturated rings. The minimum Gasteiger partial charge on any atom is -0.481 e. The van der Waals surface area contributed by atoms with Gasteiger partial charge < -0.3 is 5.11 Å². The molecule has 1 aromatic carbocycles. The lowest BCUT2D eigenvalue weighted by Gasteiger charge is -2.24. The number of carboxylic acid groups (broad SMARTS) is 1. The van der Waals surface area contributed by atoms with Crippen molar-refractivity contribution in [2.24, 2.45) is 11.3 Å². The lowest BCUT2D eigenvalue weighted by Crippen LogP contribution is -2.29. The van der Waals surface area contributed by atoms with Crippen molar-refractivity contribution in [2.45, 2.75) is 43.9 Å². The molecule has 2 atom stereocenters. The van der Waals surface area contributed by atoms with E-state index in [2.05, 4.69) is 19.1 Å². The van der Waals surface area contributed by atoms with Crippen LogP contribution in [0.3, 0.4) is 0 Å². The number of hydrogen-bond donors (Lipinski definition) is 1. The first-order valence-corrected chi connectivity index (χ1v) is 8.06. The van der Waals surface area contributed by atoms with Crippen LogP contribution in [0.1, 0.15) is 39.0 Å². The maximum atomic E-state index is 11.6. The van der Waals surface area contributed by atoms with Gasteiger partial charge in [0, 0.05) is 4.90 Å². The number of carboxylic acids is 1. The molecule has 1 aliphatic carbocycles. The fourth-order valence-corrected chi connectivity index (χ4v) is 4.07. The van der Waals surface area contributed by atoms with E-state index in [4.69, 9.17) is 0 Å². The van der Waals surface area contributed by atoms with Gasteiger partial charge in [-0.2, -0.15) is 0 Å². The van der Waals surface area contributed by atoms with Crippen LogP contribution >= 0.6 is 11.8 Å². The molecule has 1 N–H and O–H groups in total. The molecule has 0 bridgehead atoms. The molecule has 0 spiro atoms. The van der Waals surface area contributed by atoms with Crippen molar-refractivity contribution in [1.29, 1.82) is 0 Å². The first-order valence-electron chi connectivity index (χ1n) is 7.07. The SMILES string of the molecule is CCC1CCC(CCSc2ccccc2)(C(=O)O)C1. The summed E-state index contributed by atoms with van der Waals surface area (Å²) < 4.78 is 0. The van der Waals surface area contributed by atoms with Crippen molar-refractivity contribution in [2.75, 3.05) is 5.75 Å². The van der Waals surface area contributed by atoms with Crippen LogP contribution in [-0.2, 0) is 4.79 Å². The third-order valence-electron chi connectivity index (χ3n) is 4.33. The highest BCUT2D eigenvalue weighted by Gasteiger charge is 2.44. The van der Waals surface area contributed by atoms with Gasteiger partial charge in [0.1, 0.15) is 0 Å². The highest BCUT2D eigenvalue weighted by molar-refractivity contribution is 7.99. The third-order valence-corrected chi connectivity index (χ3v) is 5.35. The predicted octanol–water partition coefficient (Wildman–Crippen LogP) is 4.45. The number of aliphatic carboxylic acids is 1. The Kier molecular flexibility index (Phi) is 4.92. The topological polar surface area (TPSA) is 37.3 Å². The summed E-state index contributed by atoms with van der Waals surface area (Å²) in [6.07, 6.45) is 4.71. The van der Waals surface area contributed by atoms with Crippen LogP contribution in [0, 0.1) is 11.3 Å². The third kappa shape index (κ3) is 3.53. The van der Waals surface area contributed by atoms with E-state index >= 15 is 0 Å². The molecule has 0 heterocycles. The van der Waals surface area contributed by atoms with E-state index in [-0.39, 0.29) is 0 Å². The summed E-state index contributed by atoms with van der Waals surface area (Å²) in [6, 6.07) is 10.2. The van der Waals surface area contributed by atoms with Gasteiger partial charge in [-0.25, -0.2) is 0 Å². The molecule has 0 aromatic heterocycles. The Bertz CT molecular complexity index is 418. The van der Waals surface area contributed by atoms with Crippen molar-refractivity contribution in [3.05, 3.63) is 30.3 Å². The second-order valence-electron chi connectivity index (χ2n) is 5.51. The van der Waals surface area contributed by atoms with E-state index in [0.29, 0.717) is 5.92 Å². The fraction of sp³-hybridized carbons (Fsp3) is 0.562. The van der Waals surface area contributed by atoms with E-state index in [9.17, 15) is 9.90 Å². The zero-order valence-corrected chi connectivity index (χ0v) is 12.3. The van der Waals surface area contributed by atoms with Crippen LogP contribution in [0.25, 0.3) is 0 Å². The first kappa shape index (κ1) is 14.4. The Morgan fingerprint density at radius 2 is 2.16 bits per heavy atom. The van der Waals surface area contributed by atoms with Gasteiger partial charge in [0.05, 0.1) is 5.41 Å². The van der Waals surface area contributed by atoms with Crippen molar-refractivity contribution >= 4 is 17.7 Å². The number of benzene rings is 1. The van der Waals surface area contributed by atoms with Crippen LogP contribution < -0.4 is 0 Å². The second-order valence-corrected chi connectivity index (χ2v) is 6.68. The smallest absolute Gasteiger partial charge is 0.309 e. The summed E-state index contributed by atoms with van der Waals surface area (Å²) in [5.74, 6) is 0.919. The number of hydrogen-bond acceptors (Lipinski definition) is 2. The predicted molar refractivity (Wildman–Crippen MR) is 79.5 cm³/mol. The molecule has 3 heteroatoms. The summed E-state index contributed by atoms with van der Waals surface area (Å²) in [7, 11) is 0. The largest absolute Gasteiger partial charge is 0.481 e. The normalized spacial score (nSPS) is 26.5. The Morgan fingerprint density at radius 3 is 2.74 bits per heavy atom. The van der Waals surface area contributed by atoms with Crippen LogP contribution in [0.15, 0.2) is 35.2 Å². The molecule has 1 aromatic rings. The monoisotopic (exact) mass is 278 g/mol. The zero-order chi connectivity index (χ0) is 13.7. The Morgan fingerprint density at radius 1 is 1.42 bits per heavy atom. The minimum absolute atomic E-state index is 0.456. The van der Waals surface area contributed by atoms with Crippen molar-refractivity contribution in [1.82, 2.24) is 0 Å². The van der Waals surface area contributed by atoms with Gasteiger partial charge in [-0.05, 0) is 49.5 Å². The van der Waals surface area contributed by atoms with Crippen LogP contribution in [0.2, 0.25) is 0 Å². The van der Waals surface area contributed by atoms with Gasteiger partial charge in [0.2, 0.25) is 0 Å². The molecule has 0 saturated heterocycles. The van der Waals surface area contributed by atoms with E-state index < -0.39 is 11.4 Å². The Labute approximate surface area is 119 Å². The van der Waals surface area contributed by atoms with E-state index in [1.807, 2.05) is 18.2 Å². The lowest BCUT2D eigenvalue weighted by atomic mass is 9.82. The van der Waals surface area contributed by atoms with E-state index in [1.54, 1.807) is 11.8 Å². The van der Waals surface area contributed by atoms with E-state index in [0.717, 1.165) is 37.9 Å².